The fourth-order valence-corrected chi connectivity index (χ4v) is 19.4. The number of aromatic nitrogens is 12. The first-order valence-electron chi connectivity index (χ1n) is 37.3. The summed E-state index contributed by atoms with van der Waals surface area (Å²) in [6, 6.07) is 40.4. The molecule has 118 heavy (non-hydrogen) atoms. The fraction of sp³-hybridized carbons (Fsp3) is 0.349. The highest BCUT2D eigenvalue weighted by Gasteiger charge is 2.34. The summed E-state index contributed by atoms with van der Waals surface area (Å²) in [6.07, 6.45) is 0. The SMILES string of the molecule is COc1ccc(O)c(-n2nnc(S(=O)(=O)c3ccc(C(C)(C)C)c(C)c3)c2C)c1.COc1ccc(O)cc1-n1nnc(S(=O)(=O)c2ccc(C(C)(C)C)c(C)c2)c1C.COc1ccc(OC)c(-n2nnc(S(=O)(=O)c3ccc(C(C)(C)C)c(C)c3)c2C)c1.COc1ccc(OC)c(-n2nnc(S(=O)(=O)c3ccc(C(C)(C)C)cc3C)c2C)c1. The van der Waals surface area contributed by atoms with Crippen LogP contribution >= 0.6 is 0 Å². The Hall–Kier alpha value is -11.5. The van der Waals surface area contributed by atoms with Gasteiger partial charge in [-0.15, -0.1) is 20.4 Å². The van der Waals surface area contributed by atoms with Crippen LogP contribution < -0.4 is 28.4 Å². The minimum absolute atomic E-state index is 0.00787. The number of hydrogen-bond donors (Lipinski definition) is 2. The van der Waals surface area contributed by atoms with Gasteiger partial charge < -0.3 is 38.6 Å². The molecule has 0 radical (unpaired) electrons. The van der Waals surface area contributed by atoms with Crippen LogP contribution in [-0.2, 0) is 61.0 Å². The van der Waals surface area contributed by atoms with Gasteiger partial charge in [0.1, 0.15) is 68.7 Å². The molecule has 28 nitrogen and oxygen atoms in total. The lowest BCUT2D eigenvalue weighted by Crippen LogP contribution is -2.14. The normalized spacial score (nSPS) is 12.2. The second kappa shape index (κ2) is 34.6. The lowest BCUT2D eigenvalue weighted by Gasteiger charge is -2.22. The summed E-state index contributed by atoms with van der Waals surface area (Å²) in [6.45, 7) is 39.2. The van der Waals surface area contributed by atoms with Gasteiger partial charge in [0.15, 0.2) is 0 Å². The first-order chi connectivity index (χ1) is 54.9. The number of phenolic OH excluding ortho intramolecular Hbond substituents is 2. The molecule has 0 aliphatic rings. The molecular weight excluding hydrogens is 1590 g/mol. The molecule has 12 rings (SSSR count). The summed E-state index contributed by atoms with van der Waals surface area (Å²) in [5, 5.41) is 51.6. The number of aromatic hydroxyl groups is 2. The third-order valence-electron chi connectivity index (χ3n) is 19.7. The van der Waals surface area contributed by atoms with Gasteiger partial charge in [-0.3, -0.25) is 0 Å². The average Bonchev–Trinajstić information content (AvgIpc) is 1.57. The number of hydrogen-bond acceptors (Lipinski definition) is 24. The van der Waals surface area contributed by atoms with E-state index in [0.717, 1.165) is 38.9 Å². The second-order valence-electron chi connectivity index (χ2n) is 32.3. The standard InChI is InChI=1S/2C22H27N3O4S.2C21H25N3O4S/c1-14-12-17(9-10-18(14)22(3,4)5)30(26,27)21-15(2)25(24-23-21)19-13-16(28-6)8-11-20(19)29-7;1-14-12-16(22(3,4)5)8-11-20(14)30(26,27)21-15(2)25(24-23-21)18-13-17(28-6)9-10-19(18)29-7;1-13-11-16(8-9-17(13)21(3,4)5)29(26,27)20-14(2)24(23-22-20)18-12-15(28-6)7-10-19(18)25;1-13-11-16(8-9-17(13)21(3,4)5)29(26,27)20-14(2)24(23-22-20)18-12-15(25)7-10-19(18)28-6/h2*8-13H,1-7H3;2*7-12,25H,1-6H3. The van der Waals surface area contributed by atoms with Crippen LogP contribution in [0.4, 0.5) is 0 Å². The van der Waals surface area contributed by atoms with Crippen molar-refractivity contribution in [3.05, 3.63) is 213 Å². The summed E-state index contributed by atoms with van der Waals surface area (Å²) in [7, 11) is -6.27. The number of nitrogens with zero attached hydrogens (tertiary/aromatic N) is 12. The molecular formula is C86H104N12O16S4. The van der Waals surface area contributed by atoms with Crippen LogP contribution in [0.1, 0.15) is 150 Å². The molecule has 8 aromatic carbocycles. The van der Waals surface area contributed by atoms with Crippen molar-refractivity contribution in [3.63, 3.8) is 0 Å². The van der Waals surface area contributed by atoms with Crippen LogP contribution in [0.3, 0.4) is 0 Å². The Bertz CT molecular complexity index is 6240. The van der Waals surface area contributed by atoms with Crippen molar-refractivity contribution in [2.45, 2.75) is 200 Å². The van der Waals surface area contributed by atoms with Gasteiger partial charge in [0.25, 0.3) is 0 Å². The van der Waals surface area contributed by atoms with Crippen molar-refractivity contribution in [2.24, 2.45) is 0 Å². The summed E-state index contributed by atoms with van der Waals surface area (Å²) in [5.74, 6) is 3.13. The summed E-state index contributed by atoms with van der Waals surface area (Å²) < 4.78 is 144. The van der Waals surface area contributed by atoms with E-state index in [1.807, 2.05) is 51.1 Å². The number of aryl methyl sites for hydroxylation is 4. The molecule has 0 fully saturated rings. The third-order valence-corrected chi connectivity index (χ3v) is 26.9. The van der Waals surface area contributed by atoms with Crippen LogP contribution in [-0.4, -0.2) is 147 Å². The molecule has 0 aliphatic heterocycles. The van der Waals surface area contributed by atoms with E-state index in [0.29, 0.717) is 79.9 Å². The minimum Gasteiger partial charge on any atom is -0.508 e. The summed E-state index contributed by atoms with van der Waals surface area (Å²) >= 11 is 0. The van der Waals surface area contributed by atoms with Crippen LogP contribution in [0.25, 0.3) is 22.7 Å². The van der Waals surface area contributed by atoms with Crippen LogP contribution in [0.15, 0.2) is 185 Å². The first kappa shape index (κ1) is 90.4. The van der Waals surface area contributed by atoms with E-state index < -0.39 is 39.3 Å². The number of sulfone groups is 4. The molecule has 4 heterocycles. The molecule has 12 aromatic rings. The molecule has 0 amide bonds. The van der Waals surface area contributed by atoms with E-state index in [9.17, 15) is 43.9 Å². The van der Waals surface area contributed by atoms with Gasteiger partial charge in [0.05, 0.1) is 85.0 Å². The second-order valence-corrected chi connectivity index (χ2v) is 39.7. The zero-order valence-electron chi connectivity index (χ0n) is 71.5. The van der Waals surface area contributed by atoms with Gasteiger partial charge in [-0.05, 0) is 213 Å². The Kier molecular flexibility index (Phi) is 26.5. The predicted octanol–water partition coefficient (Wildman–Crippen LogP) is 15.5. The molecule has 4 aromatic heterocycles. The third kappa shape index (κ3) is 18.7. The van der Waals surface area contributed by atoms with E-state index in [2.05, 4.69) is 124 Å². The highest BCUT2D eigenvalue weighted by atomic mass is 32.2. The van der Waals surface area contributed by atoms with Crippen molar-refractivity contribution in [2.75, 3.05) is 42.7 Å². The number of benzene rings is 8. The van der Waals surface area contributed by atoms with Crippen LogP contribution in [0, 0.1) is 55.4 Å². The van der Waals surface area contributed by atoms with Gasteiger partial charge in [0, 0.05) is 24.3 Å². The zero-order chi connectivity index (χ0) is 87.7. The number of methoxy groups -OCH3 is 6. The van der Waals surface area contributed by atoms with E-state index in [-0.39, 0.29) is 78.5 Å². The molecule has 2 N–H and O–H groups in total. The Morgan fingerprint density at radius 2 is 0.593 bits per heavy atom. The monoisotopic (exact) mass is 1690 g/mol. The van der Waals surface area contributed by atoms with E-state index in [4.69, 9.17) is 28.4 Å². The zero-order valence-corrected chi connectivity index (χ0v) is 74.7. The molecule has 0 bridgehead atoms. The Morgan fingerprint density at radius 3 is 0.890 bits per heavy atom. The highest BCUT2D eigenvalue weighted by Crippen LogP contribution is 2.39. The molecule has 0 aliphatic carbocycles. The molecule has 0 unspecified atom stereocenters. The van der Waals surface area contributed by atoms with Crippen molar-refractivity contribution in [1.29, 1.82) is 0 Å². The Morgan fingerprint density at radius 1 is 0.297 bits per heavy atom. The smallest absolute Gasteiger partial charge is 0.227 e. The van der Waals surface area contributed by atoms with Crippen molar-refractivity contribution < 1.29 is 72.3 Å². The van der Waals surface area contributed by atoms with Crippen molar-refractivity contribution >= 4 is 39.3 Å². The van der Waals surface area contributed by atoms with Crippen LogP contribution in [0.2, 0.25) is 0 Å². The highest BCUT2D eigenvalue weighted by molar-refractivity contribution is 7.92. The lowest BCUT2D eigenvalue weighted by molar-refractivity contribution is 0.400. The average molecular weight is 1690 g/mol. The summed E-state index contributed by atoms with van der Waals surface area (Å²) in [4.78, 5) is 0.748. The molecule has 0 saturated heterocycles. The van der Waals surface area contributed by atoms with Gasteiger partial charge in [0.2, 0.25) is 59.5 Å². The maximum absolute atomic E-state index is 13.4. The van der Waals surface area contributed by atoms with E-state index in [1.54, 1.807) is 146 Å². The lowest BCUT2D eigenvalue weighted by atomic mass is 9.84. The minimum atomic E-state index is -3.88. The number of phenols is 2. The van der Waals surface area contributed by atoms with E-state index >= 15 is 0 Å². The van der Waals surface area contributed by atoms with Crippen LogP contribution in [0.5, 0.6) is 46.0 Å². The van der Waals surface area contributed by atoms with Gasteiger partial charge in [-0.1, -0.05) is 134 Å². The number of rotatable bonds is 18. The van der Waals surface area contributed by atoms with Gasteiger partial charge in [-0.25, -0.2) is 52.4 Å². The molecule has 0 spiro atoms. The van der Waals surface area contributed by atoms with Crippen molar-refractivity contribution in [1.82, 2.24) is 60.0 Å². The molecule has 0 atom stereocenters. The largest absolute Gasteiger partial charge is 0.508 e. The predicted molar refractivity (Wildman–Crippen MR) is 448 cm³/mol. The maximum Gasteiger partial charge on any atom is 0.227 e. The number of ether oxygens (including phenoxy) is 6. The maximum atomic E-state index is 13.4. The van der Waals surface area contributed by atoms with Gasteiger partial charge >= 0.3 is 0 Å². The topological polar surface area (TPSA) is 355 Å². The molecule has 32 heteroatoms. The molecule has 0 saturated carbocycles. The quantitative estimate of drug-likeness (QED) is 0.0805. The van der Waals surface area contributed by atoms with E-state index in [1.165, 1.54) is 65.4 Å². The van der Waals surface area contributed by atoms with Crippen molar-refractivity contribution in [3.8, 4) is 68.7 Å². The Labute approximate surface area is 691 Å². The van der Waals surface area contributed by atoms with Gasteiger partial charge in [-0.2, -0.15) is 0 Å². The Balaban J connectivity index is 0.000000179. The fourth-order valence-electron chi connectivity index (χ4n) is 13.5. The molecule has 628 valence electrons. The summed E-state index contributed by atoms with van der Waals surface area (Å²) in [5.41, 5.74) is 10.6. The first-order valence-corrected chi connectivity index (χ1v) is 43.2.